The minimum atomic E-state index is -0.0452. The topological polar surface area (TPSA) is 76.0 Å². The molecule has 6 nitrogen and oxygen atoms in total. The molecule has 0 unspecified atom stereocenters. The lowest BCUT2D eigenvalue weighted by Crippen LogP contribution is -2.21. The van der Waals surface area contributed by atoms with Crippen molar-refractivity contribution in [1.29, 1.82) is 0 Å². The maximum atomic E-state index is 12.4. The van der Waals surface area contributed by atoms with Gasteiger partial charge in [-0.2, -0.15) is 5.10 Å². The molecule has 0 aliphatic heterocycles. The normalized spacial score (nSPS) is 14.4. The van der Waals surface area contributed by atoms with Gasteiger partial charge in [-0.25, -0.2) is 0 Å². The van der Waals surface area contributed by atoms with Gasteiger partial charge in [-0.15, -0.1) is 0 Å². The lowest BCUT2D eigenvalue weighted by atomic mass is 10.1. The number of benzene rings is 1. The summed E-state index contributed by atoms with van der Waals surface area (Å²) in [5.41, 5.74) is 3.43. The van der Waals surface area contributed by atoms with Gasteiger partial charge in [0, 0.05) is 37.0 Å². The molecule has 0 radical (unpaired) electrons. The largest absolute Gasteiger partial charge is 0.326 e. The third kappa shape index (κ3) is 4.50. The predicted molar refractivity (Wildman–Crippen MR) is 102 cm³/mol. The van der Waals surface area contributed by atoms with Gasteiger partial charge in [0.2, 0.25) is 11.8 Å². The Morgan fingerprint density at radius 1 is 1.19 bits per heavy atom. The van der Waals surface area contributed by atoms with Crippen molar-refractivity contribution in [2.24, 2.45) is 13.0 Å². The van der Waals surface area contributed by atoms with Crippen molar-refractivity contribution in [1.82, 2.24) is 9.78 Å². The maximum absolute atomic E-state index is 12.4. The standard InChI is InChI=1S/C20H26N4O2/c1-14-17(22-19(25)11-10-15-12-21-24(2)13-15)8-5-9-18(14)23-20(26)16-6-3-4-7-16/h5,8-9,12-13,16H,3-4,6-7,10-11H2,1-2H3,(H,22,25)(H,23,26). The number of carbonyl (C=O) groups is 2. The molecule has 1 aliphatic rings. The number of anilines is 2. The summed E-state index contributed by atoms with van der Waals surface area (Å²) in [6, 6.07) is 5.60. The first kappa shape index (κ1) is 18.2. The Balaban J connectivity index is 1.59. The summed E-state index contributed by atoms with van der Waals surface area (Å²) < 4.78 is 1.73. The molecule has 1 fully saturated rings. The first-order valence-corrected chi connectivity index (χ1v) is 9.21. The van der Waals surface area contributed by atoms with Crippen LogP contribution in [-0.4, -0.2) is 21.6 Å². The molecule has 0 atom stereocenters. The van der Waals surface area contributed by atoms with Crippen LogP contribution >= 0.6 is 0 Å². The quantitative estimate of drug-likeness (QED) is 0.834. The molecule has 0 spiro atoms. The molecule has 1 aromatic carbocycles. The molecule has 3 rings (SSSR count). The summed E-state index contributed by atoms with van der Waals surface area (Å²) in [6.07, 6.45) is 8.93. The van der Waals surface area contributed by atoms with E-state index in [0.29, 0.717) is 12.8 Å². The second-order valence-corrected chi connectivity index (χ2v) is 7.02. The van der Waals surface area contributed by atoms with Crippen LogP contribution < -0.4 is 10.6 Å². The Hall–Kier alpha value is -2.63. The van der Waals surface area contributed by atoms with Gasteiger partial charge in [0.1, 0.15) is 0 Å². The van der Waals surface area contributed by atoms with Crippen LogP contribution in [0, 0.1) is 12.8 Å². The molecule has 1 heterocycles. The van der Waals surface area contributed by atoms with Crippen molar-refractivity contribution >= 4 is 23.2 Å². The summed E-state index contributed by atoms with van der Waals surface area (Å²) in [4.78, 5) is 24.6. The number of amides is 2. The van der Waals surface area contributed by atoms with Crippen molar-refractivity contribution in [3.63, 3.8) is 0 Å². The average molecular weight is 354 g/mol. The maximum Gasteiger partial charge on any atom is 0.227 e. The predicted octanol–water partition coefficient (Wildman–Crippen LogP) is 3.43. The Morgan fingerprint density at radius 3 is 2.54 bits per heavy atom. The van der Waals surface area contributed by atoms with E-state index in [0.717, 1.165) is 48.2 Å². The lowest BCUT2D eigenvalue weighted by molar-refractivity contribution is -0.119. The van der Waals surface area contributed by atoms with Gasteiger partial charge in [-0.1, -0.05) is 18.9 Å². The fourth-order valence-corrected chi connectivity index (χ4v) is 3.40. The molecule has 2 N–H and O–H groups in total. The number of rotatable bonds is 6. The number of hydrogen-bond donors (Lipinski definition) is 2. The molecule has 26 heavy (non-hydrogen) atoms. The van der Waals surface area contributed by atoms with E-state index in [1.807, 2.05) is 38.4 Å². The Morgan fingerprint density at radius 2 is 1.88 bits per heavy atom. The van der Waals surface area contributed by atoms with Gasteiger partial charge < -0.3 is 10.6 Å². The average Bonchev–Trinajstić information content (AvgIpc) is 3.28. The minimum Gasteiger partial charge on any atom is -0.326 e. The number of hydrogen-bond acceptors (Lipinski definition) is 3. The zero-order valence-corrected chi connectivity index (χ0v) is 15.4. The molecule has 138 valence electrons. The van der Waals surface area contributed by atoms with Gasteiger partial charge in [0.25, 0.3) is 0 Å². The summed E-state index contributed by atoms with van der Waals surface area (Å²) in [5.74, 6) is 0.161. The van der Waals surface area contributed by atoms with E-state index in [1.165, 1.54) is 0 Å². The van der Waals surface area contributed by atoms with E-state index in [2.05, 4.69) is 15.7 Å². The molecule has 2 amide bonds. The van der Waals surface area contributed by atoms with Crippen molar-refractivity contribution in [3.8, 4) is 0 Å². The monoisotopic (exact) mass is 354 g/mol. The molecule has 1 aromatic heterocycles. The van der Waals surface area contributed by atoms with Crippen LogP contribution in [0.2, 0.25) is 0 Å². The fraction of sp³-hybridized carbons (Fsp3) is 0.450. The first-order chi connectivity index (χ1) is 12.5. The van der Waals surface area contributed by atoms with Crippen LogP contribution in [0.25, 0.3) is 0 Å². The van der Waals surface area contributed by atoms with Gasteiger partial charge in [0.05, 0.1) is 6.20 Å². The zero-order valence-electron chi connectivity index (χ0n) is 15.4. The van der Waals surface area contributed by atoms with Crippen LogP contribution in [-0.2, 0) is 23.1 Å². The van der Waals surface area contributed by atoms with Crippen LogP contribution in [0.1, 0.15) is 43.2 Å². The number of nitrogens with one attached hydrogen (secondary N) is 2. The molecular formula is C20H26N4O2. The molecule has 0 bridgehead atoms. The Kier molecular flexibility index (Phi) is 5.71. The van der Waals surface area contributed by atoms with Gasteiger partial charge in [-0.3, -0.25) is 14.3 Å². The Labute approximate surface area is 154 Å². The second-order valence-electron chi connectivity index (χ2n) is 7.02. The van der Waals surface area contributed by atoms with Crippen LogP contribution in [0.3, 0.4) is 0 Å². The zero-order chi connectivity index (χ0) is 18.5. The van der Waals surface area contributed by atoms with Crippen molar-refractivity contribution in [2.45, 2.75) is 45.4 Å². The first-order valence-electron chi connectivity index (χ1n) is 9.21. The van der Waals surface area contributed by atoms with Crippen LogP contribution in [0.4, 0.5) is 11.4 Å². The highest BCUT2D eigenvalue weighted by molar-refractivity contribution is 5.96. The molecule has 1 aliphatic carbocycles. The highest BCUT2D eigenvalue weighted by atomic mass is 16.2. The van der Waals surface area contributed by atoms with Crippen molar-refractivity contribution in [2.75, 3.05) is 10.6 Å². The number of carbonyl (C=O) groups excluding carboxylic acids is 2. The number of nitrogens with zero attached hydrogens (tertiary/aromatic N) is 2. The van der Waals surface area contributed by atoms with E-state index < -0.39 is 0 Å². The van der Waals surface area contributed by atoms with Gasteiger partial charge in [-0.05, 0) is 49.4 Å². The van der Waals surface area contributed by atoms with Crippen molar-refractivity contribution < 1.29 is 9.59 Å². The summed E-state index contributed by atoms with van der Waals surface area (Å²) in [5, 5.41) is 10.1. The molecule has 2 aromatic rings. The van der Waals surface area contributed by atoms with Crippen LogP contribution in [0.15, 0.2) is 30.6 Å². The third-order valence-electron chi connectivity index (χ3n) is 4.99. The molecule has 1 saturated carbocycles. The minimum absolute atomic E-state index is 0.0452. The van der Waals surface area contributed by atoms with E-state index >= 15 is 0 Å². The second kappa shape index (κ2) is 8.17. The molecule has 6 heteroatoms. The van der Waals surface area contributed by atoms with Gasteiger partial charge >= 0.3 is 0 Å². The van der Waals surface area contributed by atoms with E-state index in [9.17, 15) is 9.59 Å². The van der Waals surface area contributed by atoms with E-state index in [1.54, 1.807) is 10.9 Å². The molecular weight excluding hydrogens is 328 g/mol. The van der Waals surface area contributed by atoms with Gasteiger partial charge in [0.15, 0.2) is 0 Å². The lowest BCUT2D eigenvalue weighted by Gasteiger charge is -2.15. The fourth-order valence-electron chi connectivity index (χ4n) is 3.40. The number of aryl methyl sites for hydroxylation is 2. The SMILES string of the molecule is Cc1c(NC(=O)CCc2cnn(C)c2)cccc1NC(=O)C1CCCC1. The van der Waals surface area contributed by atoms with Crippen LogP contribution in [0.5, 0.6) is 0 Å². The number of aromatic nitrogens is 2. The highest BCUT2D eigenvalue weighted by Crippen LogP contribution is 2.28. The van der Waals surface area contributed by atoms with Crippen molar-refractivity contribution in [3.05, 3.63) is 41.7 Å². The van der Waals surface area contributed by atoms with E-state index in [4.69, 9.17) is 0 Å². The third-order valence-corrected chi connectivity index (χ3v) is 4.99. The highest BCUT2D eigenvalue weighted by Gasteiger charge is 2.23. The summed E-state index contributed by atoms with van der Waals surface area (Å²) >= 11 is 0. The smallest absolute Gasteiger partial charge is 0.227 e. The molecule has 0 saturated heterocycles. The summed E-state index contributed by atoms with van der Waals surface area (Å²) in [7, 11) is 1.86. The Bertz CT molecular complexity index is 791. The van der Waals surface area contributed by atoms with E-state index in [-0.39, 0.29) is 17.7 Å². The summed E-state index contributed by atoms with van der Waals surface area (Å²) in [6.45, 7) is 1.92.